The number of para-hydroxylation sites is 2. The van der Waals surface area contributed by atoms with E-state index in [0.29, 0.717) is 12.8 Å². The van der Waals surface area contributed by atoms with Crippen molar-refractivity contribution < 1.29 is 4.79 Å². The highest BCUT2D eigenvalue weighted by molar-refractivity contribution is 5.88. The first-order valence-corrected chi connectivity index (χ1v) is 7.10. The molecule has 2 rings (SSSR count). The van der Waals surface area contributed by atoms with Gasteiger partial charge in [-0.15, -0.1) is 0 Å². The summed E-state index contributed by atoms with van der Waals surface area (Å²) >= 11 is 0. The van der Waals surface area contributed by atoms with E-state index in [9.17, 15) is 4.79 Å². The fraction of sp³-hybridized carbons (Fsp3) is 0.222. The fourth-order valence-corrected chi connectivity index (χ4v) is 1.98. The zero-order chi connectivity index (χ0) is 15.1. The zero-order valence-corrected chi connectivity index (χ0v) is 12.5. The molecule has 0 aliphatic rings. The topological polar surface area (TPSA) is 32.7 Å². The zero-order valence-electron chi connectivity index (χ0n) is 12.5. The highest BCUT2D eigenvalue weighted by Crippen LogP contribution is 2.25. The highest BCUT2D eigenvalue weighted by Gasteiger charge is 2.08. The van der Waals surface area contributed by atoms with Crippen molar-refractivity contribution in [3.8, 4) is 0 Å². The van der Waals surface area contributed by atoms with E-state index in [2.05, 4.69) is 5.10 Å². The normalized spacial score (nSPS) is 11.2. The van der Waals surface area contributed by atoms with Gasteiger partial charge in [-0.05, 0) is 44.5 Å². The monoisotopic (exact) mass is 280 g/mol. The van der Waals surface area contributed by atoms with Crippen molar-refractivity contribution in [3.63, 3.8) is 0 Å². The van der Waals surface area contributed by atoms with E-state index in [-0.39, 0.29) is 5.78 Å². The molecule has 0 aliphatic heterocycles. The Hall–Kier alpha value is -2.42. The molecule has 21 heavy (non-hydrogen) atoms. The molecule has 0 aliphatic carbocycles. The molecule has 0 fully saturated rings. The third kappa shape index (κ3) is 4.56. The SMILES string of the molecule is CC(=O)CCC(C)=NN(c1ccccc1)c1ccccc1. The van der Waals surface area contributed by atoms with Gasteiger partial charge in [-0.25, -0.2) is 5.01 Å². The summed E-state index contributed by atoms with van der Waals surface area (Å²) in [5, 5.41) is 6.60. The largest absolute Gasteiger partial charge is 0.300 e. The number of hydrogen-bond acceptors (Lipinski definition) is 3. The Morgan fingerprint density at radius 3 is 1.76 bits per heavy atom. The summed E-state index contributed by atoms with van der Waals surface area (Å²) in [6.45, 7) is 3.57. The molecule has 2 aromatic carbocycles. The smallest absolute Gasteiger partial charge is 0.130 e. The third-order valence-corrected chi connectivity index (χ3v) is 3.11. The number of hydrazone groups is 1. The molecule has 0 aromatic heterocycles. The van der Waals surface area contributed by atoms with Gasteiger partial charge < -0.3 is 4.79 Å². The second kappa shape index (κ2) is 7.39. The minimum atomic E-state index is 0.190. The van der Waals surface area contributed by atoms with Crippen molar-refractivity contribution in [2.45, 2.75) is 26.7 Å². The number of nitrogens with zero attached hydrogens (tertiary/aromatic N) is 2. The lowest BCUT2D eigenvalue weighted by atomic mass is 10.2. The Labute approximate surface area is 125 Å². The molecular formula is C18H20N2O. The van der Waals surface area contributed by atoms with Gasteiger partial charge in [0, 0.05) is 12.1 Å². The minimum Gasteiger partial charge on any atom is -0.300 e. The molecule has 0 amide bonds. The number of hydrogen-bond donors (Lipinski definition) is 0. The maximum absolute atomic E-state index is 11.1. The first kappa shape index (κ1) is 15.0. The van der Waals surface area contributed by atoms with Crippen molar-refractivity contribution in [3.05, 3.63) is 60.7 Å². The van der Waals surface area contributed by atoms with Gasteiger partial charge in [-0.2, -0.15) is 5.10 Å². The molecule has 0 radical (unpaired) electrons. The van der Waals surface area contributed by atoms with Gasteiger partial charge >= 0.3 is 0 Å². The van der Waals surface area contributed by atoms with Gasteiger partial charge in [-0.1, -0.05) is 36.4 Å². The number of Topliss-reactive ketones (excluding diaryl/α,β-unsaturated/α-hetero) is 1. The predicted octanol–water partition coefficient (Wildman–Crippen LogP) is 4.57. The lowest BCUT2D eigenvalue weighted by Gasteiger charge is -2.20. The molecule has 0 N–H and O–H groups in total. The summed E-state index contributed by atoms with van der Waals surface area (Å²) in [5.41, 5.74) is 2.95. The molecule has 0 heterocycles. The van der Waals surface area contributed by atoms with Crippen LogP contribution in [0.15, 0.2) is 65.8 Å². The molecule has 3 heteroatoms. The number of ketones is 1. The number of rotatable bonds is 6. The fourth-order valence-electron chi connectivity index (χ4n) is 1.98. The van der Waals surface area contributed by atoms with E-state index in [0.717, 1.165) is 17.1 Å². The highest BCUT2D eigenvalue weighted by atomic mass is 16.1. The van der Waals surface area contributed by atoms with Gasteiger partial charge in [0.2, 0.25) is 0 Å². The van der Waals surface area contributed by atoms with Gasteiger partial charge in [0.25, 0.3) is 0 Å². The molecule has 0 saturated heterocycles. The maximum atomic E-state index is 11.1. The van der Waals surface area contributed by atoms with Crippen LogP contribution in [0.2, 0.25) is 0 Å². The van der Waals surface area contributed by atoms with Gasteiger partial charge in [0.15, 0.2) is 0 Å². The third-order valence-electron chi connectivity index (χ3n) is 3.11. The molecule has 2 aromatic rings. The molecule has 0 spiro atoms. The number of carbonyl (C=O) groups is 1. The van der Waals surface area contributed by atoms with Crippen molar-refractivity contribution in [2.24, 2.45) is 5.10 Å². The van der Waals surface area contributed by atoms with Crippen LogP contribution in [0, 0.1) is 0 Å². The predicted molar refractivity (Wildman–Crippen MR) is 88.0 cm³/mol. The molecule has 0 unspecified atom stereocenters. The van der Waals surface area contributed by atoms with Crippen LogP contribution in [0.25, 0.3) is 0 Å². The van der Waals surface area contributed by atoms with E-state index < -0.39 is 0 Å². The number of benzene rings is 2. The number of carbonyl (C=O) groups excluding carboxylic acids is 1. The average Bonchev–Trinajstić information content (AvgIpc) is 2.52. The van der Waals surface area contributed by atoms with Crippen LogP contribution in [0.4, 0.5) is 11.4 Å². The van der Waals surface area contributed by atoms with E-state index in [1.54, 1.807) is 6.92 Å². The van der Waals surface area contributed by atoms with Crippen LogP contribution in [0.5, 0.6) is 0 Å². The quantitative estimate of drug-likeness (QED) is 0.573. The Kier molecular flexibility index (Phi) is 5.27. The molecule has 3 nitrogen and oxygen atoms in total. The summed E-state index contributed by atoms with van der Waals surface area (Å²) in [4.78, 5) is 11.1. The van der Waals surface area contributed by atoms with E-state index in [1.807, 2.05) is 72.6 Å². The summed E-state index contributed by atoms with van der Waals surface area (Å²) in [7, 11) is 0. The standard InChI is InChI=1S/C18H20N2O/c1-15(13-14-16(2)21)19-20(17-9-5-3-6-10-17)18-11-7-4-8-12-18/h3-12H,13-14H2,1-2H3. The minimum absolute atomic E-state index is 0.190. The van der Waals surface area contributed by atoms with Crippen molar-refractivity contribution in [2.75, 3.05) is 5.01 Å². The molecule has 0 saturated carbocycles. The van der Waals surface area contributed by atoms with Gasteiger partial charge in [0.1, 0.15) is 5.78 Å². The van der Waals surface area contributed by atoms with Crippen LogP contribution in [0.1, 0.15) is 26.7 Å². The lowest BCUT2D eigenvalue weighted by Crippen LogP contribution is -2.12. The Bertz CT molecular complexity index is 566. The summed E-state index contributed by atoms with van der Waals surface area (Å²) < 4.78 is 0. The van der Waals surface area contributed by atoms with Gasteiger partial charge in [-0.3, -0.25) is 0 Å². The Morgan fingerprint density at radius 1 is 0.857 bits per heavy atom. The number of anilines is 2. The van der Waals surface area contributed by atoms with Crippen LogP contribution in [0.3, 0.4) is 0 Å². The Morgan fingerprint density at radius 2 is 1.33 bits per heavy atom. The molecule has 108 valence electrons. The molecule has 0 bridgehead atoms. The van der Waals surface area contributed by atoms with Crippen LogP contribution >= 0.6 is 0 Å². The van der Waals surface area contributed by atoms with Crippen LogP contribution in [-0.4, -0.2) is 11.5 Å². The summed E-state index contributed by atoms with van der Waals surface area (Å²) in [6.07, 6.45) is 1.22. The van der Waals surface area contributed by atoms with E-state index in [1.165, 1.54) is 0 Å². The average molecular weight is 280 g/mol. The lowest BCUT2D eigenvalue weighted by molar-refractivity contribution is -0.116. The maximum Gasteiger partial charge on any atom is 0.130 e. The van der Waals surface area contributed by atoms with Gasteiger partial charge in [0.05, 0.1) is 11.4 Å². The van der Waals surface area contributed by atoms with Crippen molar-refractivity contribution in [1.29, 1.82) is 0 Å². The second-order valence-corrected chi connectivity index (χ2v) is 5.02. The van der Waals surface area contributed by atoms with Crippen molar-refractivity contribution >= 4 is 22.9 Å². The van der Waals surface area contributed by atoms with E-state index in [4.69, 9.17) is 0 Å². The summed E-state index contributed by atoms with van der Waals surface area (Å²) in [5.74, 6) is 0.190. The first-order valence-electron chi connectivity index (χ1n) is 7.10. The van der Waals surface area contributed by atoms with Crippen LogP contribution < -0.4 is 5.01 Å². The Balaban J connectivity index is 2.29. The second-order valence-electron chi connectivity index (χ2n) is 5.02. The first-order chi connectivity index (χ1) is 10.2. The van der Waals surface area contributed by atoms with Crippen LogP contribution in [-0.2, 0) is 4.79 Å². The summed E-state index contributed by atoms with van der Waals surface area (Å²) in [6, 6.07) is 20.0. The molecular weight excluding hydrogens is 260 g/mol. The van der Waals surface area contributed by atoms with Crippen molar-refractivity contribution in [1.82, 2.24) is 0 Å². The molecule has 0 atom stereocenters. The van der Waals surface area contributed by atoms with E-state index >= 15 is 0 Å².